The van der Waals surface area contributed by atoms with Crippen LogP contribution in [-0.2, 0) is 19.1 Å². The fraction of sp³-hybridized carbons (Fsp3) is 0.278. The van der Waals surface area contributed by atoms with Crippen molar-refractivity contribution in [1.82, 2.24) is 0 Å². The van der Waals surface area contributed by atoms with Crippen LogP contribution in [0.15, 0.2) is 23.5 Å². The van der Waals surface area contributed by atoms with Crippen LogP contribution >= 0.6 is 23.2 Å². The van der Waals surface area contributed by atoms with E-state index in [4.69, 9.17) is 42.1 Å². The van der Waals surface area contributed by atoms with Crippen LogP contribution in [0.3, 0.4) is 0 Å². The van der Waals surface area contributed by atoms with Crippen LogP contribution in [0.25, 0.3) is 0 Å². The van der Waals surface area contributed by atoms with E-state index in [1.165, 1.54) is 14.2 Å². The van der Waals surface area contributed by atoms with Gasteiger partial charge in [0.05, 0.1) is 31.4 Å². The lowest BCUT2D eigenvalue weighted by molar-refractivity contribution is -0.138. The molecule has 9 heteroatoms. The van der Waals surface area contributed by atoms with Gasteiger partial charge >= 0.3 is 5.97 Å². The number of carbonyl (C=O) groups excluding carboxylic acids is 3. The van der Waals surface area contributed by atoms with Crippen LogP contribution in [0, 0.1) is 6.92 Å². The van der Waals surface area contributed by atoms with Crippen molar-refractivity contribution >= 4 is 40.7 Å². The van der Waals surface area contributed by atoms with Crippen molar-refractivity contribution in [1.29, 1.82) is 0 Å². The third-order valence-electron chi connectivity index (χ3n) is 4.43. The minimum absolute atomic E-state index is 0.0208. The number of ether oxygens (including phenoxy) is 4. The number of hydrogen-bond donors (Lipinski definition) is 0. The van der Waals surface area contributed by atoms with Gasteiger partial charge in [-0.15, -0.1) is 0 Å². The molecule has 1 aromatic carbocycles. The molecule has 0 fully saturated rings. The number of allylic oxidation sites excluding steroid dienone is 2. The van der Waals surface area contributed by atoms with Gasteiger partial charge in [0.1, 0.15) is 11.1 Å². The number of hydrogen-bond acceptors (Lipinski definition) is 7. The first kappa shape index (κ1) is 19.3. The smallest absolute Gasteiger partial charge is 0.338 e. The van der Waals surface area contributed by atoms with E-state index in [9.17, 15) is 14.4 Å². The summed E-state index contributed by atoms with van der Waals surface area (Å²) in [4.78, 5) is 37.8. The number of carbonyl (C=O) groups is 3. The standard InChI is InChI=1S/C18H14Cl2O7/c1-7-12(19)14(25-3)11-15(13(7)20)27-18(16(11)22)9(17(23)26-4)5-8(21)6-10(18)24-2/h5-6H,1-4H3/t18-/m0/s1. The van der Waals surface area contributed by atoms with Crippen molar-refractivity contribution in [2.75, 3.05) is 21.3 Å². The Kier molecular flexibility index (Phi) is 4.69. The largest absolute Gasteiger partial charge is 0.496 e. The molecule has 0 amide bonds. The van der Waals surface area contributed by atoms with Crippen LogP contribution in [-0.4, -0.2) is 44.5 Å². The average molecular weight is 413 g/mol. The van der Waals surface area contributed by atoms with Gasteiger partial charge in [-0.25, -0.2) is 4.79 Å². The highest BCUT2D eigenvalue weighted by Crippen LogP contribution is 2.54. The topological polar surface area (TPSA) is 88.1 Å². The lowest BCUT2D eigenvalue weighted by Gasteiger charge is -2.31. The number of Topliss-reactive ketones (excluding diaryl/α,β-unsaturated/α-hetero) is 1. The molecule has 7 nitrogen and oxygen atoms in total. The number of halogens is 2. The first-order valence-corrected chi connectivity index (χ1v) is 8.40. The maximum atomic E-state index is 13.5. The molecule has 0 N–H and O–H groups in total. The molecular formula is C18H14Cl2O7. The van der Waals surface area contributed by atoms with Gasteiger partial charge in [-0.05, 0) is 12.5 Å². The maximum absolute atomic E-state index is 13.5. The second-order valence-electron chi connectivity index (χ2n) is 5.77. The van der Waals surface area contributed by atoms with E-state index in [1.807, 2.05) is 0 Å². The second-order valence-corrected chi connectivity index (χ2v) is 6.52. The van der Waals surface area contributed by atoms with Gasteiger partial charge in [0.2, 0.25) is 5.78 Å². The van der Waals surface area contributed by atoms with Gasteiger partial charge in [0, 0.05) is 12.2 Å². The summed E-state index contributed by atoms with van der Waals surface area (Å²) in [5.74, 6) is -2.35. The van der Waals surface area contributed by atoms with Gasteiger partial charge in [0.25, 0.3) is 5.60 Å². The molecule has 1 atom stereocenters. The molecule has 0 bridgehead atoms. The summed E-state index contributed by atoms with van der Waals surface area (Å²) in [5, 5.41) is 0.214. The van der Waals surface area contributed by atoms with Gasteiger partial charge in [0.15, 0.2) is 23.0 Å². The third kappa shape index (κ3) is 2.45. The van der Waals surface area contributed by atoms with E-state index < -0.39 is 23.1 Å². The SMILES string of the molecule is COC(=O)C1=CC(=O)C=C(OC)[C@@]12Oc1c(Cl)c(C)c(Cl)c(OC)c1C2=O. The molecule has 1 aromatic rings. The molecule has 0 saturated carbocycles. The summed E-state index contributed by atoms with van der Waals surface area (Å²) in [6.07, 6.45) is 2.03. The van der Waals surface area contributed by atoms with E-state index >= 15 is 0 Å². The highest BCUT2D eigenvalue weighted by Gasteiger charge is 2.61. The fourth-order valence-corrected chi connectivity index (χ4v) is 3.67. The van der Waals surface area contributed by atoms with Crippen molar-refractivity contribution in [3.05, 3.63) is 44.7 Å². The molecule has 27 heavy (non-hydrogen) atoms. The monoisotopic (exact) mass is 412 g/mol. The average Bonchev–Trinajstić information content (AvgIpc) is 2.95. The zero-order valence-corrected chi connectivity index (χ0v) is 16.3. The number of methoxy groups -OCH3 is 3. The number of fused-ring (bicyclic) bond motifs is 1. The molecular weight excluding hydrogens is 399 g/mol. The van der Waals surface area contributed by atoms with Crippen molar-refractivity contribution in [3.63, 3.8) is 0 Å². The molecule has 1 aliphatic heterocycles. The van der Waals surface area contributed by atoms with E-state index in [2.05, 4.69) is 0 Å². The van der Waals surface area contributed by atoms with E-state index in [0.29, 0.717) is 5.56 Å². The lowest BCUT2D eigenvalue weighted by Crippen LogP contribution is -2.49. The molecule has 0 saturated heterocycles. The zero-order valence-electron chi connectivity index (χ0n) is 14.8. The third-order valence-corrected chi connectivity index (χ3v) is 5.34. The summed E-state index contributed by atoms with van der Waals surface area (Å²) in [6, 6.07) is 0. The van der Waals surface area contributed by atoms with Crippen molar-refractivity contribution in [2.45, 2.75) is 12.5 Å². The Bertz CT molecular complexity index is 961. The zero-order chi connectivity index (χ0) is 20.1. The Labute approximate surface area is 164 Å². The van der Waals surface area contributed by atoms with Gasteiger partial charge in [-0.1, -0.05) is 23.2 Å². The number of benzene rings is 1. The van der Waals surface area contributed by atoms with E-state index in [1.54, 1.807) is 6.92 Å². The quantitative estimate of drug-likeness (QED) is 0.705. The van der Waals surface area contributed by atoms with Crippen LogP contribution in [0.5, 0.6) is 11.5 Å². The van der Waals surface area contributed by atoms with Crippen molar-refractivity contribution in [2.24, 2.45) is 0 Å². The predicted molar refractivity (Wildman–Crippen MR) is 95.6 cm³/mol. The van der Waals surface area contributed by atoms with Crippen LogP contribution in [0.2, 0.25) is 10.0 Å². The second kappa shape index (κ2) is 6.58. The van der Waals surface area contributed by atoms with Gasteiger partial charge in [-0.2, -0.15) is 0 Å². The van der Waals surface area contributed by atoms with Crippen LogP contribution < -0.4 is 9.47 Å². The Morgan fingerprint density at radius 2 is 1.74 bits per heavy atom. The molecule has 0 aromatic heterocycles. The molecule has 3 rings (SSSR count). The predicted octanol–water partition coefficient (Wildman–Crippen LogP) is 2.84. The number of ketones is 2. The summed E-state index contributed by atoms with van der Waals surface area (Å²) in [6.45, 7) is 1.63. The summed E-state index contributed by atoms with van der Waals surface area (Å²) in [5.41, 5.74) is -2.02. The highest BCUT2D eigenvalue weighted by atomic mass is 35.5. The first-order valence-electron chi connectivity index (χ1n) is 7.64. The summed E-state index contributed by atoms with van der Waals surface area (Å²) in [7, 11) is 3.70. The molecule has 142 valence electrons. The summed E-state index contributed by atoms with van der Waals surface area (Å²) >= 11 is 12.6. The van der Waals surface area contributed by atoms with Crippen LogP contribution in [0.4, 0.5) is 0 Å². The highest BCUT2D eigenvalue weighted by molar-refractivity contribution is 6.40. The Hall–Kier alpha value is -2.51. The van der Waals surface area contributed by atoms with Crippen molar-refractivity contribution in [3.8, 4) is 11.5 Å². The Morgan fingerprint density at radius 1 is 1.07 bits per heavy atom. The molecule has 0 radical (unpaired) electrons. The maximum Gasteiger partial charge on any atom is 0.338 e. The number of rotatable bonds is 3. The molecule has 1 heterocycles. The number of esters is 1. The Morgan fingerprint density at radius 3 is 2.30 bits per heavy atom. The lowest BCUT2D eigenvalue weighted by atomic mass is 9.81. The normalized spacial score (nSPS) is 20.7. The van der Waals surface area contributed by atoms with Gasteiger partial charge < -0.3 is 18.9 Å². The van der Waals surface area contributed by atoms with Crippen LogP contribution in [0.1, 0.15) is 15.9 Å². The fourth-order valence-electron chi connectivity index (χ4n) is 3.13. The molecule has 0 unspecified atom stereocenters. The molecule has 1 aliphatic carbocycles. The van der Waals surface area contributed by atoms with E-state index in [-0.39, 0.29) is 38.4 Å². The Balaban J connectivity index is 2.36. The minimum Gasteiger partial charge on any atom is -0.496 e. The first-order chi connectivity index (χ1) is 12.7. The minimum atomic E-state index is -2.06. The summed E-state index contributed by atoms with van der Waals surface area (Å²) < 4.78 is 21.2. The van der Waals surface area contributed by atoms with Gasteiger partial charge in [-0.3, -0.25) is 9.59 Å². The van der Waals surface area contributed by atoms with E-state index in [0.717, 1.165) is 19.3 Å². The molecule has 1 spiro atoms. The molecule has 2 aliphatic rings. The van der Waals surface area contributed by atoms with Crippen molar-refractivity contribution < 1.29 is 33.3 Å².